The summed E-state index contributed by atoms with van der Waals surface area (Å²) in [6.07, 6.45) is 0.714. The SMILES string of the molecule is Cc1ccc([C@@H](C)NC(=O)c2csc(CCN)n2)cc1. The van der Waals surface area contributed by atoms with Gasteiger partial charge in [0, 0.05) is 11.8 Å². The number of nitrogens with two attached hydrogens (primary N) is 1. The second-order valence-electron chi connectivity index (χ2n) is 4.77. The van der Waals surface area contributed by atoms with E-state index in [0.29, 0.717) is 18.7 Å². The van der Waals surface area contributed by atoms with E-state index in [1.54, 1.807) is 5.38 Å². The topological polar surface area (TPSA) is 68.0 Å². The fourth-order valence-corrected chi connectivity index (χ4v) is 2.66. The van der Waals surface area contributed by atoms with Crippen molar-refractivity contribution in [3.63, 3.8) is 0 Å². The summed E-state index contributed by atoms with van der Waals surface area (Å²) < 4.78 is 0. The molecule has 1 aromatic carbocycles. The Kier molecular flexibility index (Phi) is 4.87. The van der Waals surface area contributed by atoms with Crippen LogP contribution in [0.1, 0.15) is 39.6 Å². The molecule has 2 aromatic rings. The maximum Gasteiger partial charge on any atom is 0.271 e. The smallest absolute Gasteiger partial charge is 0.271 e. The third-order valence-corrected chi connectivity index (χ3v) is 3.98. The van der Waals surface area contributed by atoms with Crippen molar-refractivity contribution in [1.82, 2.24) is 10.3 Å². The first-order chi connectivity index (χ1) is 9.60. The van der Waals surface area contributed by atoms with E-state index in [4.69, 9.17) is 5.73 Å². The molecule has 0 saturated heterocycles. The van der Waals surface area contributed by atoms with E-state index < -0.39 is 0 Å². The van der Waals surface area contributed by atoms with Gasteiger partial charge >= 0.3 is 0 Å². The highest BCUT2D eigenvalue weighted by Crippen LogP contribution is 2.15. The van der Waals surface area contributed by atoms with Gasteiger partial charge in [0.15, 0.2) is 0 Å². The van der Waals surface area contributed by atoms with Gasteiger partial charge < -0.3 is 11.1 Å². The normalized spacial score (nSPS) is 12.2. The van der Waals surface area contributed by atoms with Crippen molar-refractivity contribution in [3.8, 4) is 0 Å². The highest BCUT2D eigenvalue weighted by atomic mass is 32.1. The molecule has 0 saturated carbocycles. The molecule has 20 heavy (non-hydrogen) atoms. The molecule has 4 nitrogen and oxygen atoms in total. The molecular weight excluding hydrogens is 270 g/mol. The zero-order valence-corrected chi connectivity index (χ0v) is 12.5. The number of carbonyl (C=O) groups excluding carboxylic acids is 1. The number of amides is 1. The van der Waals surface area contributed by atoms with E-state index in [2.05, 4.69) is 10.3 Å². The van der Waals surface area contributed by atoms with E-state index in [0.717, 1.165) is 10.6 Å². The first kappa shape index (κ1) is 14.7. The van der Waals surface area contributed by atoms with Gasteiger partial charge in [0.2, 0.25) is 0 Å². The third kappa shape index (κ3) is 3.65. The summed E-state index contributed by atoms with van der Waals surface area (Å²) in [5.74, 6) is -0.141. The van der Waals surface area contributed by atoms with Gasteiger partial charge in [-0.15, -0.1) is 11.3 Å². The Labute approximate surface area is 123 Å². The van der Waals surface area contributed by atoms with Gasteiger partial charge in [-0.2, -0.15) is 0 Å². The summed E-state index contributed by atoms with van der Waals surface area (Å²) in [4.78, 5) is 16.4. The van der Waals surface area contributed by atoms with Gasteiger partial charge in [-0.05, 0) is 26.0 Å². The minimum Gasteiger partial charge on any atom is -0.344 e. The average molecular weight is 289 g/mol. The van der Waals surface area contributed by atoms with E-state index in [-0.39, 0.29) is 11.9 Å². The number of benzene rings is 1. The zero-order chi connectivity index (χ0) is 14.5. The van der Waals surface area contributed by atoms with Crippen molar-refractivity contribution < 1.29 is 4.79 Å². The number of nitrogens with zero attached hydrogens (tertiary/aromatic N) is 1. The summed E-state index contributed by atoms with van der Waals surface area (Å²) in [5, 5.41) is 5.64. The molecule has 0 bridgehead atoms. The zero-order valence-electron chi connectivity index (χ0n) is 11.7. The van der Waals surface area contributed by atoms with Crippen LogP contribution in [0, 0.1) is 6.92 Å². The van der Waals surface area contributed by atoms with Gasteiger partial charge in [0.25, 0.3) is 5.91 Å². The van der Waals surface area contributed by atoms with Crippen LogP contribution in [0.3, 0.4) is 0 Å². The first-order valence-corrected chi connectivity index (χ1v) is 7.50. The maximum absolute atomic E-state index is 12.1. The number of hydrogen-bond acceptors (Lipinski definition) is 4. The molecule has 1 aromatic heterocycles. The standard InChI is InChI=1S/C15H19N3OS/c1-10-3-5-12(6-4-10)11(2)17-15(19)13-9-20-14(18-13)7-8-16/h3-6,9,11H,7-8,16H2,1-2H3,(H,17,19)/t11-/m1/s1. The number of thiazole rings is 1. The summed E-state index contributed by atoms with van der Waals surface area (Å²) in [6.45, 7) is 4.56. The van der Waals surface area contributed by atoms with Crippen LogP contribution in [-0.4, -0.2) is 17.4 Å². The van der Waals surface area contributed by atoms with Crippen molar-refractivity contribution in [1.29, 1.82) is 0 Å². The fraction of sp³-hybridized carbons (Fsp3) is 0.333. The number of nitrogens with one attached hydrogen (secondary N) is 1. The van der Waals surface area contributed by atoms with Crippen molar-refractivity contribution >= 4 is 17.2 Å². The average Bonchev–Trinajstić information content (AvgIpc) is 2.88. The van der Waals surface area contributed by atoms with Crippen LogP contribution in [0.25, 0.3) is 0 Å². The number of hydrogen-bond donors (Lipinski definition) is 2. The number of carbonyl (C=O) groups is 1. The maximum atomic E-state index is 12.1. The fourth-order valence-electron chi connectivity index (χ4n) is 1.86. The predicted octanol–water partition coefficient (Wildman–Crippen LogP) is 2.44. The molecular formula is C15H19N3OS. The summed E-state index contributed by atoms with van der Waals surface area (Å²) in [5.41, 5.74) is 8.24. The van der Waals surface area contributed by atoms with E-state index in [1.807, 2.05) is 38.1 Å². The van der Waals surface area contributed by atoms with Crippen LogP contribution < -0.4 is 11.1 Å². The molecule has 0 aliphatic carbocycles. The lowest BCUT2D eigenvalue weighted by Gasteiger charge is -2.13. The molecule has 0 aliphatic heterocycles. The molecule has 5 heteroatoms. The summed E-state index contributed by atoms with van der Waals surface area (Å²) >= 11 is 1.48. The quantitative estimate of drug-likeness (QED) is 0.888. The lowest BCUT2D eigenvalue weighted by Crippen LogP contribution is -2.27. The van der Waals surface area contributed by atoms with Gasteiger partial charge in [-0.3, -0.25) is 4.79 Å². The van der Waals surface area contributed by atoms with Crippen LogP contribution in [0.15, 0.2) is 29.6 Å². The van der Waals surface area contributed by atoms with Crippen LogP contribution in [-0.2, 0) is 6.42 Å². The van der Waals surface area contributed by atoms with E-state index in [1.165, 1.54) is 16.9 Å². The second-order valence-corrected chi connectivity index (χ2v) is 5.71. The molecule has 0 radical (unpaired) electrons. The molecule has 1 atom stereocenters. The van der Waals surface area contributed by atoms with Gasteiger partial charge in [-0.25, -0.2) is 4.98 Å². The van der Waals surface area contributed by atoms with Crippen LogP contribution >= 0.6 is 11.3 Å². The van der Waals surface area contributed by atoms with Crippen molar-refractivity contribution in [3.05, 3.63) is 51.5 Å². The molecule has 2 rings (SSSR count). The molecule has 1 heterocycles. The van der Waals surface area contributed by atoms with Gasteiger partial charge in [0.1, 0.15) is 5.69 Å². The third-order valence-electron chi connectivity index (χ3n) is 3.07. The Balaban J connectivity index is 2.01. The minimum absolute atomic E-state index is 0.0391. The highest BCUT2D eigenvalue weighted by molar-refractivity contribution is 7.09. The molecule has 0 unspecified atom stereocenters. The number of aryl methyl sites for hydroxylation is 1. The molecule has 106 valence electrons. The Morgan fingerprint density at radius 2 is 2.10 bits per heavy atom. The Bertz CT molecular complexity index is 577. The lowest BCUT2D eigenvalue weighted by molar-refractivity contribution is 0.0935. The molecule has 0 fully saturated rings. The van der Waals surface area contributed by atoms with Gasteiger partial charge in [-0.1, -0.05) is 29.8 Å². The van der Waals surface area contributed by atoms with Crippen LogP contribution in [0.5, 0.6) is 0 Å². The molecule has 0 spiro atoms. The Morgan fingerprint density at radius 3 is 2.75 bits per heavy atom. The molecule has 1 amide bonds. The number of aromatic nitrogens is 1. The van der Waals surface area contributed by atoms with Crippen molar-refractivity contribution in [2.45, 2.75) is 26.3 Å². The van der Waals surface area contributed by atoms with Crippen molar-refractivity contribution in [2.24, 2.45) is 5.73 Å². The highest BCUT2D eigenvalue weighted by Gasteiger charge is 2.14. The lowest BCUT2D eigenvalue weighted by atomic mass is 10.1. The first-order valence-electron chi connectivity index (χ1n) is 6.62. The summed E-state index contributed by atoms with van der Waals surface area (Å²) in [6, 6.07) is 8.10. The Hall–Kier alpha value is -1.72. The molecule has 0 aliphatic rings. The monoisotopic (exact) mass is 289 g/mol. The second kappa shape index (κ2) is 6.63. The van der Waals surface area contributed by atoms with Gasteiger partial charge in [0.05, 0.1) is 11.0 Å². The Morgan fingerprint density at radius 1 is 1.40 bits per heavy atom. The van der Waals surface area contributed by atoms with E-state index in [9.17, 15) is 4.79 Å². The predicted molar refractivity (Wildman–Crippen MR) is 81.9 cm³/mol. The minimum atomic E-state index is -0.141. The van der Waals surface area contributed by atoms with E-state index >= 15 is 0 Å². The van der Waals surface area contributed by atoms with Crippen LogP contribution in [0.2, 0.25) is 0 Å². The van der Waals surface area contributed by atoms with Crippen molar-refractivity contribution in [2.75, 3.05) is 6.54 Å². The van der Waals surface area contributed by atoms with Crippen LogP contribution in [0.4, 0.5) is 0 Å². The number of rotatable bonds is 5. The molecule has 3 N–H and O–H groups in total. The largest absolute Gasteiger partial charge is 0.344 e. The summed E-state index contributed by atoms with van der Waals surface area (Å²) in [7, 11) is 0.